The summed E-state index contributed by atoms with van der Waals surface area (Å²) in [5.41, 5.74) is 2.89. The van der Waals surface area contributed by atoms with E-state index < -0.39 is 28.5 Å². The number of hydrogen-bond acceptors (Lipinski definition) is 4. The van der Waals surface area contributed by atoms with E-state index in [1.165, 1.54) is 35.2 Å². The lowest BCUT2D eigenvalue weighted by Crippen LogP contribution is -2.53. The van der Waals surface area contributed by atoms with Crippen LogP contribution in [0.2, 0.25) is 10.0 Å². The highest BCUT2D eigenvalue weighted by atomic mass is 35.5. The van der Waals surface area contributed by atoms with Crippen molar-refractivity contribution in [2.45, 2.75) is 76.4 Å². The average Bonchev–Trinajstić information content (AvgIpc) is 2.94. The molecule has 0 aliphatic heterocycles. The number of amides is 2. The first kappa shape index (κ1) is 31.9. The smallest absolute Gasteiger partial charge is 0.264 e. The van der Waals surface area contributed by atoms with Crippen LogP contribution in [0.4, 0.5) is 5.69 Å². The Bertz CT molecular complexity index is 1500. The molecule has 1 atom stereocenters. The minimum absolute atomic E-state index is 0.0188. The second-order valence-corrected chi connectivity index (χ2v) is 13.7. The Morgan fingerprint density at radius 2 is 1.55 bits per heavy atom. The lowest BCUT2D eigenvalue weighted by atomic mass is 9.95. The number of rotatable bonds is 10. The van der Waals surface area contributed by atoms with Crippen molar-refractivity contribution in [1.29, 1.82) is 0 Å². The summed E-state index contributed by atoms with van der Waals surface area (Å²) in [5.74, 6) is -0.795. The molecule has 7 nitrogen and oxygen atoms in total. The fourth-order valence-corrected chi connectivity index (χ4v) is 7.12. The summed E-state index contributed by atoms with van der Waals surface area (Å²) in [6.07, 6.45) is 5.07. The number of anilines is 1. The molecule has 1 aliphatic carbocycles. The zero-order chi connectivity index (χ0) is 30.4. The summed E-state index contributed by atoms with van der Waals surface area (Å²) >= 11 is 12.5. The van der Waals surface area contributed by atoms with Crippen LogP contribution in [0.5, 0.6) is 0 Å². The maximum Gasteiger partial charge on any atom is 0.264 e. The number of sulfonamides is 1. The molecule has 0 heterocycles. The molecule has 2 amide bonds. The highest BCUT2D eigenvalue weighted by molar-refractivity contribution is 7.92. The summed E-state index contributed by atoms with van der Waals surface area (Å²) in [6.45, 7) is 5.07. The van der Waals surface area contributed by atoms with Crippen molar-refractivity contribution in [2.75, 3.05) is 10.8 Å². The molecular formula is C32H37Cl2N3O4S. The van der Waals surface area contributed by atoms with Crippen molar-refractivity contribution >= 4 is 50.7 Å². The SMILES string of the molecule is Cc1ccc(S(=O)(=O)N(CC(=O)N(Cc2cccc(C)c2)C(C)C(=O)NC2CCCCC2)c2cc(Cl)cc(Cl)c2)cc1. The van der Waals surface area contributed by atoms with Gasteiger partial charge in [-0.15, -0.1) is 0 Å². The third-order valence-electron chi connectivity index (χ3n) is 7.58. The van der Waals surface area contributed by atoms with Gasteiger partial charge in [0.15, 0.2) is 0 Å². The number of aryl methyl sites for hydroxylation is 2. The van der Waals surface area contributed by atoms with Crippen LogP contribution >= 0.6 is 23.2 Å². The topological polar surface area (TPSA) is 86.8 Å². The first-order valence-electron chi connectivity index (χ1n) is 14.1. The first-order valence-corrected chi connectivity index (χ1v) is 16.3. The van der Waals surface area contributed by atoms with Crippen LogP contribution in [-0.4, -0.2) is 43.8 Å². The molecule has 1 saturated carbocycles. The van der Waals surface area contributed by atoms with Crippen molar-refractivity contribution in [1.82, 2.24) is 10.2 Å². The van der Waals surface area contributed by atoms with Gasteiger partial charge in [-0.1, -0.05) is 90.0 Å². The van der Waals surface area contributed by atoms with Gasteiger partial charge >= 0.3 is 0 Å². The van der Waals surface area contributed by atoms with Crippen molar-refractivity contribution in [2.24, 2.45) is 0 Å². The lowest BCUT2D eigenvalue weighted by molar-refractivity contribution is -0.139. The zero-order valence-corrected chi connectivity index (χ0v) is 26.5. The second kappa shape index (κ2) is 13.9. The van der Waals surface area contributed by atoms with Gasteiger partial charge in [0.2, 0.25) is 11.8 Å². The molecule has 4 rings (SSSR count). The van der Waals surface area contributed by atoms with Crippen LogP contribution in [0.1, 0.15) is 55.7 Å². The molecule has 3 aromatic rings. The predicted molar refractivity (Wildman–Crippen MR) is 168 cm³/mol. The van der Waals surface area contributed by atoms with E-state index in [-0.39, 0.29) is 39.1 Å². The van der Waals surface area contributed by atoms with E-state index >= 15 is 0 Å². The maximum atomic E-state index is 14.1. The minimum atomic E-state index is -4.21. The summed E-state index contributed by atoms with van der Waals surface area (Å²) in [4.78, 5) is 29.0. The van der Waals surface area contributed by atoms with Gasteiger partial charge in [-0.2, -0.15) is 0 Å². The third-order valence-corrected chi connectivity index (χ3v) is 9.80. The molecule has 10 heteroatoms. The number of nitrogens with zero attached hydrogens (tertiary/aromatic N) is 2. The number of hydrogen-bond donors (Lipinski definition) is 1. The Balaban J connectivity index is 1.70. The highest BCUT2D eigenvalue weighted by Crippen LogP contribution is 2.30. The van der Waals surface area contributed by atoms with E-state index in [9.17, 15) is 18.0 Å². The Labute approximate surface area is 258 Å². The molecule has 0 radical (unpaired) electrons. The van der Waals surface area contributed by atoms with Gasteiger partial charge in [-0.25, -0.2) is 8.42 Å². The van der Waals surface area contributed by atoms with Crippen LogP contribution in [0.15, 0.2) is 71.6 Å². The molecule has 1 N–H and O–H groups in total. The van der Waals surface area contributed by atoms with Crippen molar-refractivity contribution in [3.8, 4) is 0 Å². The predicted octanol–water partition coefficient (Wildman–Crippen LogP) is 6.67. The Morgan fingerprint density at radius 3 is 2.17 bits per heavy atom. The van der Waals surface area contributed by atoms with E-state index in [0.717, 1.165) is 53.1 Å². The van der Waals surface area contributed by atoms with Crippen molar-refractivity contribution in [3.05, 3.63) is 93.5 Å². The molecule has 0 bridgehead atoms. The number of nitrogens with one attached hydrogen (secondary N) is 1. The summed E-state index contributed by atoms with van der Waals surface area (Å²) in [6, 6.07) is 17.7. The molecule has 1 unspecified atom stereocenters. The Hall–Kier alpha value is -3.07. The molecule has 0 spiro atoms. The van der Waals surface area contributed by atoms with Crippen LogP contribution in [0, 0.1) is 13.8 Å². The van der Waals surface area contributed by atoms with Crippen LogP contribution < -0.4 is 9.62 Å². The molecule has 1 aliphatic rings. The van der Waals surface area contributed by atoms with E-state index in [4.69, 9.17) is 23.2 Å². The second-order valence-electron chi connectivity index (χ2n) is 11.0. The summed E-state index contributed by atoms with van der Waals surface area (Å²) in [5, 5.41) is 3.57. The van der Waals surface area contributed by atoms with Gasteiger partial charge in [0.25, 0.3) is 10.0 Å². The van der Waals surface area contributed by atoms with Crippen LogP contribution in [0.3, 0.4) is 0 Å². The molecule has 1 fully saturated rings. The van der Waals surface area contributed by atoms with Crippen molar-refractivity contribution < 1.29 is 18.0 Å². The molecule has 224 valence electrons. The normalized spacial score (nSPS) is 14.7. The molecule has 0 aromatic heterocycles. The van der Waals surface area contributed by atoms with Gasteiger partial charge in [0.05, 0.1) is 10.6 Å². The van der Waals surface area contributed by atoms with E-state index in [2.05, 4.69) is 5.32 Å². The van der Waals surface area contributed by atoms with Gasteiger partial charge in [0, 0.05) is 22.6 Å². The van der Waals surface area contributed by atoms with Crippen LogP contribution in [-0.2, 0) is 26.2 Å². The highest BCUT2D eigenvalue weighted by Gasteiger charge is 2.33. The summed E-state index contributed by atoms with van der Waals surface area (Å²) < 4.78 is 29.0. The Morgan fingerprint density at radius 1 is 0.905 bits per heavy atom. The molecule has 42 heavy (non-hydrogen) atoms. The lowest BCUT2D eigenvalue weighted by Gasteiger charge is -2.33. The van der Waals surface area contributed by atoms with Crippen molar-refractivity contribution in [3.63, 3.8) is 0 Å². The standard InChI is InChI=1S/C32H37Cl2N3O4S/c1-22-12-14-30(15-13-22)42(40,41)37(29-18-26(33)17-27(34)19-29)21-31(38)36(20-25-9-7-8-23(2)16-25)24(3)32(39)35-28-10-5-4-6-11-28/h7-9,12-19,24,28H,4-6,10-11,20-21H2,1-3H3,(H,35,39). The first-order chi connectivity index (χ1) is 19.9. The molecular weight excluding hydrogens is 593 g/mol. The number of carbonyl (C=O) groups is 2. The quantitative estimate of drug-likeness (QED) is 0.271. The monoisotopic (exact) mass is 629 g/mol. The fraction of sp³-hybridized carbons (Fsp3) is 0.375. The largest absolute Gasteiger partial charge is 0.352 e. The average molecular weight is 631 g/mol. The summed E-state index contributed by atoms with van der Waals surface area (Å²) in [7, 11) is -4.21. The van der Waals surface area contributed by atoms with Crippen LogP contribution in [0.25, 0.3) is 0 Å². The molecule has 3 aromatic carbocycles. The van der Waals surface area contributed by atoms with Gasteiger partial charge in [0.1, 0.15) is 12.6 Å². The number of halogens is 2. The third kappa shape index (κ3) is 8.06. The van der Waals surface area contributed by atoms with E-state index in [0.29, 0.717) is 0 Å². The van der Waals surface area contributed by atoms with Gasteiger partial charge in [-0.05, 0) is 69.5 Å². The van der Waals surface area contributed by atoms with E-state index in [1.54, 1.807) is 19.1 Å². The van der Waals surface area contributed by atoms with Gasteiger partial charge < -0.3 is 10.2 Å². The number of benzene rings is 3. The number of carbonyl (C=O) groups excluding carboxylic acids is 2. The fourth-order valence-electron chi connectivity index (χ4n) is 5.21. The van der Waals surface area contributed by atoms with Gasteiger partial charge in [-0.3, -0.25) is 13.9 Å². The van der Waals surface area contributed by atoms with E-state index in [1.807, 2.05) is 38.1 Å². The maximum absolute atomic E-state index is 14.1. The molecule has 0 saturated heterocycles. The minimum Gasteiger partial charge on any atom is -0.352 e. The Kier molecular flexibility index (Phi) is 10.6. The zero-order valence-electron chi connectivity index (χ0n) is 24.1.